The van der Waals surface area contributed by atoms with E-state index in [2.05, 4.69) is 124 Å². The van der Waals surface area contributed by atoms with Crippen molar-refractivity contribution in [1.29, 1.82) is 0 Å². The first-order valence-corrected chi connectivity index (χ1v) is 18.6. The number of hydrogen-bond acceptors (Lipinski definition) is 1. The van der Waals surface area contributed by atoms with Gasteiger partial charge < -0.3 is 0 Å². The first-order valence-electron chi connectivity index (χ1n) is 10.3. The van der Waals surface area contributed by atoms with Gasteiger partial charge in [-0.3, -0.25) is 0 Å². The molecule has 0 heterocycles. The molecule has 0 saturated heterocycles. The molecule has 0 fully saturated rings. The molecule has 3 aromatic rings. The summed E-state index contributed by atoms with van der Waals surface area (Å²) in [7, 11) is -4.04. The van der Waals surface area contributed by atoms with Crippen molar-refractivity contribution < 1.29 is 4.43 Å². The summed E-state index contributed by atoms with van der Waals surface area (Å²) in [4.78, 5) is 0.514. The Labute approximate surface area is 184 Å². The Morgan fingerprint density at radius 2 is 1.07 bits per heavy atom. The zero-order valence-corrected chi connectivity index (χ0v) is 21.8. The minimum atomic E-state index is -2.34. The fourth-order valence-corrected chi connectivity index (χ4v) is 18.8. The summed E-state index contributed by atoms with van der Waals surface area (Å²) >= 11 is 0.396. The summed E-state index contributed by atoms with van der Waals surface area (Å²) in [6, 6.07) is 33.0. The molecule has 4 heteroatoms. The second kappa shape index (κ2) is 9.59. The Hall–Kier alpha value is -1.43. The molecule has 0 aliphatic heterocycles. The zero-order valence-electron chi connectivity index (χ0n) is 18.1. The maximum absolute atomic E-state index is 7.32. The third kappa shape index (κ3) is 5.01. The van der Waals surface area contributed by atoms with Gasteiger partial charge in [0.15, 0.2) is 0 Å². The fourth-order valence-electron chi connectivity index (χ4n) is 3.88. The summed E-state index contributed by atoms with van der Waals surface area (Å²) in [5.74, 6) is 0. The molecular weight excluding hydrogens is 451 g/mol. The fraction of sp³-hybridized carbons (Fsp3) is 0.280. The van der Waals surface area contributed by atoms with E-state index in [4.69, 9.17) is 4.43 Å². The van der Waals surface area contributed by atoms with E-state index >= 15 is 0 Å². The van der Waals surface area contributed by atoms with Crippen LogP contribution < -0.4 is 14.8 Å². The van der Waals surface area contributed by atoms with Gasteiger partial charge in [0.25, 0.3) is 0 Å². The molecule has 29 heavy (non-hydrogen) atoms. The van der Waals surface area contributed by atoms with Crippen LogP contribution in [0.3, 0.4) is 0 Å². The predicted octanol–water partition coefficient (Wildman–Crippen LogP) is 4.41. The van der Waals surface area contributed by atoms with Gasteiger partial charge in [-0.05, 0) is 0 Å². The van der Waals surface area contributed by atoms with E-state index in [0.29, 0.717) is 19.8 Å². The first kappa shape index (κ1) is 22.3. The SMILES string of the molecule is CC([Se]c1ccccc1)[C@@H](C)O[Si](c1ccccc1)(c1ccccc1)[Si](C)(C)C. The van der Waals surface area contributed by atoms with E-state index in [0.717, 1.165) is 0 Å². The van der Waals surface area contributed by atoms with E-state index in [1.165, 1.54) is 14.8 Å². The molecule has 3 rings (SSSR count). The normalized spacial score (nSPS) is 14.4. The van der Waals surface area contributed by atoms with E-state index < -0.39 is 15.4 Å². The second-order valence-electron chi connectivity index (χ2n) is 8.62. The van der Waals surface area contributed by atoms with Crippen molar-refractivity contribution in [2.75, 3.05) is 0 Å². The van der Waals surface area contributed by atoms with Gasteiger partial charge in [0.2, 0.25) is 0 Å². The van der Waals surface area contributed by atoms with Crippen LogP contribution in [0, 0.1) is 0 Å². The third-order valence-corrected chi connectivity index (χ3v) is 21.8. The van der Waals surface area contributed by atoms with E-state index in [1.807, 2.05) is 0 Å². The maximum atomic E-state index is 7.32. The van der Waals surface area contributed by atoms with Crippen LogP contribution in [0.5, 0.6) is 0 Å². The van der Waals surface area contributed by atoms with Crippen LogP contribution in [0.4, 0.5) is 0 Å². The zero-order chi connectivity index (χ0) is 20.9. The van der Waals surface area contributed by atoms with Crippen LogP contribution in [0.15, 0.2) is 91.0 Å². The number of rotatable bonds is 8. The van der Waals surface area contributed by atoms with E-state index in [1.54, 1.807) is 0 Å². The van der Waals surface area contributed by atoms with Gasteiger partial charge in [-0.15, -0.1) is 0 Å². The van der Waals surface area contributed by atoms with Gasteiger partial charge in [0.1, 0.15) is 0 Å². The van der Waals surface area contributed by atoms with Gasteiger partial charge in [0, 0.05) is 0 Å². The van der Waals surface area contributed by atoms with Gasteiger partial charge in [-0.2, -0.15) is 0 Å². The van der Waals surface area contributed by atoms with Crippen molar-refractivity contribution >= 4 is 45.2 Å². The van der Waals surface area contributed by atoms with Crippen LogP contribution >= 0.6 is 0 Å². The molecule has 2 atom stereocenters. The van der Waals surface area contributed by atoms with Crippen molar-refractivity contribution in [1.82, 2.24) is 0 Å². The molecule has 0 spiro atoms. The van der Waals surface area contributed by atoms with Crippen LogP contribution in [-0.2, 0) is 4.43 Å². The molecular formula is C25H32OSeSi2. The Morgan fingerprint density at radius 3 is 1.48 bits per heavy atom. The summed E-state index contributed by atoms with van der Waals surface area (Å²) < 4.78 is 8.77. The molecule has 0 N–H and O–H groups in total. The Kier molecular flexibility index (Phi) is 7.36. The Bertz CT molecular complexity index is 839. The van der Waals surface area contributed by atoms with Gasteiger partial charge in [0.05, 0.1) is 0 Å². The summed E-state index contributed by atoms with van der Waals surface area (Å²) in [5, 5.41) is 2.83. The molecule has 0 aromatic heterocycles. The van der Waals surface area contributed by atoms with Crippen LogP contribution in [0.25, 0.3) is 0 Å². The Balaban J connectivity index is 2.01. The monoisotopic (exact) mass is 484 g/mol. The molecule has 0 saturated carbocycles. The average molecular weight is 484 g/mol. The molecule has 0 aliphatic carbocycles. The topological polar surface area (TPSA) is 9.23 Å². The Morgan fingerprint density at radius 1 is 0.655 bits per heavy atom. The number of hydrogen-bond donors (Lipinski definition) is 0. The molecule has 152 valence electrons. The molecule has 1 unspecified atom stereocenters. The van der Waals surface area contributed by atoms with Crippen molar-refractivity contribution in [3.63, 3.8) is 0 Å². The van der Waals surface area contributed by atoms with E-state index in [-0.39, 0.29) is 6.10 Å². The number of benzene rings is 3. The molecule has 1 nitrogen and oxygen atoms in total. The van der Waals surface area contributed by atoms with E-state index in [9.17, 15) is 0 Å². The minimum absolute atomic E-state index is 0.217. The predicted molar refractivity (Wildman–Crippen MR) is 133 cm³/mol. The quantitative estimate of drug-likeness (QED) is 0.432. The molecule has 0 radical (unpaired) electrons. The summed E-state index contributed by atoms with van der Waals surface area (Å²) in [6.07, 6.45) is 0.217. The average Bonchev–Trinajstić information content (AvgIpc) is 2.73. The van der Waals surface area contributed by atoms with Crippen LogP contribution in [-0.4, -0.2) is 36.5 Å². The van der Waals surface area contributed by atoms with Crippen molar-refractivity contribution in [2.45, 2.75) is 44.4 Å². The van der Waals surface area contributed by atoms with Crippen molar-refractivity contribution in [2.24, 2.45) is 0 Å². The summed E-state index contributed by atoms with van der Waals surface area (Å²) in [5.41, 5.74) is 0. The molecule has 0 bridgehead atoms. The van der Waals surface area contributed by atoms with Crippen LogP contribution in [0.1, 0.15) is 13.8 Å². The first-order chi connectivity index (χ1) is 13.8. The summed E-state index contributed by atoms with van der Waals surface area (Å²) in [6.45, 7) is 12.1. The van der Waals surface area contributed by atoms with Gasteiger partial charge in [-0.1, -0.05) is 0 Å². The van der Waals surface area contributed by atoms with Gasteiger partial charge >= 0.3 is 185 Å². The van der Waals surface area contributed by atoms with Gasteiger partial charge in [-0.25, -0.2) is 0 Å². The van der Waals surface area contributed by atoms with Crippen molar-refractivity contribution in [3.8, 4) is 0 Å². The standard InChI is InChI=1S/C25H32OSeSi2/c1-21(22(2)27-23-15-9-6-10-16-23)26-29(28(3,4)5,24-17-11-7-12-18-24)25-19-13-8-14-20-25/h6-22H,1-5H3/t21-,22?/m1/s1. The third-order valence-electron chi connectivity index (χ3n) is 5.51. The molecule has 0 amide bonds. The molecule has 0 aliphatic rings. The van der Waals surface area contributed by atoms with Crippen LogP contribution in [0.2, 0.25) is 24.5 Å². The molecule has 3 aromatic carbocycles. The van der Waals surface area contributed by atoms with Crippen molar-refractivity contribution in [3.05, 3.63) is 91.0 Å². The second-order valence-corrected chi connectivity index (χ2v) is 25.5.